The maximum Gasteiger partial charge on any atom is 0.283 e. The SMILES string of the molecule is CC(C)=C[SiH2]O[SiH2]O[SiH3]. The van der Waals surface area contributed by atoms with Gasteiger partial charge in [0.2, 0.25) is 0 Å². The zero-order valence-electron chi connectivity index (χ0n) is 6.31. The van der Waals surface area contributed by atoms with Crippen molar-refractivity contribution in [3.05, 3.63) is 11.3 Å². The van der Waals surface area contributed by atoms with Gasteiger partial charge in [-0.3, -0.25) is 0 Å². The Morgan fingerprint density at radius 1 is 1.56 bits per heavy atom. The highest BCUT2D eigenvalue weighted by Gasteiger charge is 1.82. The van der Waals surface area contributed by atoms with Crippen molar-refractivity contribution in [2.45, 2.75) is 13.8 Å². The first kappa shape index (κ1) is 9.31. The topological polar surface area (TPSA) is 18.5 Å². The second-order valence-corrected chi connectivity index (χ2v) is 6.98. The third-order valence-electron chi connectivity index (χ3n) is 0.811. The molecule has 0 aromatic carbocycles. The molecular weight excluding hydrogens is 164 g/mol. The Morgan fingerprint density at radius 2 is 2.22 bits per heavy atom. The lowest BCUT2D eigenvalue weighted by atomic mass is 10.4. The van der Waals surface area contributed by atoms with Crippen molar-refractivity contribution in [1.82, 2.24) is 0 Å². The molecule has 0 saturated heterocycles. The lowest BCUT2D eigenvalue weighted by Crippen LogP contribution is -2.04. The van der Waals surface area contributed by atoms with Crippen LogP contribution in [0.15, 0.2) is 11.3 Å². The monoisotopic (exact) mass is 178 g/mol. The summed E-state index contributed by atoms with van der Waals surface area (Å²) in [6.07, 6.45) is 0. The van der Waals surface area contributed by atoms with Gasteiger partial charge in [-0.15, -0.1) is 0 Å². The number of rotatable bonds is 4. The molecule has 0 atom stereocenters. The van der Waals surface area contributed by atoms with E-state index in [1.165, 1.54) is 5.57 Å². The average molecular weight is 178 g/mol. The van der Waals surface area contributed by atoms with Crippen molar-refractivity contribution in [2.24, 2.45) is 0 Å². The van der Waals surface area contributed by atoms with Gasteiger partial charge in [-0.2, -0.15) is 0 Å². The van der Waals surface area contributed by atoms with Gasteiger partial charge in [0.1, 0.15) is 10.5 Å². The van der Waals surface area contributed by atoms with Crippen LogP contribution in [0.3, 0.4) is 0 Å². The van der Waals surface area contributed by atoms with Crippen LogP contribution in [-0.2, 0) is 8.23 Å². The second kappa shape index (κ2) is 6.43. The lowest BCUT2D eigenvalue weighted by molar-refractivity contribution is 0.507. The minimum absolute atomic E-state index is 0.350. The summed E-state index contributed by atoms with van der Waals surface area (Å²) < 4.78 is 10.3. The van der Waals surface area contributed by atoms with Gasteiger partial charge >= 0.3 is 0 Å². The first-order valence-corrected chi connectivity index (χ1v) is 6.34. The highest BCUT2D eigenvalue weighted by atomic mass is 28.3. The van der Waals surface area contributed by atoms with Gasteiger partial charge in [0.15, 0.2) is 9.76 Å². The van der Waals surface area contributed by atoms with E-state index in [9.17, 15) is 0 Å². The Kier molecular flexibility index (Phi) is 6.65. The molecule has 0 bridgehead atoms. The zero-order valence-corrected chi connectivity index (χ0v) is 11.1. The van der Waals surface area contributed by atoms with E-state index in [0.29, 0.717) is 0 Å². The number of hydrogen-bond acceptors (Lipinski definition) is 2. The van der Waals surface area contributed by atoms with E-state index in [2.05, 4.69) is 19.5 Å². The normalized spacial score (nSPS) is 12.2. The van der Waals surface area contributed by atoms with Gasteiger partial charge in [0, 0.05) is 0 Å². The van der Waals surface area contributed by atoms with Crippen molar-refractivity contribution in [2.75, 3.05) is 0 Å². The van der Waals surface area contributed by atoms with Crippen LogP contribution < -0.4 is 0 Å². The lowest BCUT2D eigenvalue weighted by Gasteiger charge is -1.96. The van der Waals surface area contributed by atoms with E-state index >= 15 is 0 Å². The van der Waals surface area contributed by atoms with Crippen LogP contribution in [0.25, 0.3) is 0 Å². The number of hydrogen-bond donors (Lipinski definition) is 0. The molecule has 0 N–H and O–H groups in total. The Labute approximate surface area is 64.2 Å². The molecule has 0 radical (unpaired) electrons. The van der Waals surface area contributed by atoms with Crippen LogP contribution in [-0.4, -0.2) is 30.3 Å². The molecule has 0 saturated carbocycles. The first-order valence-electron chi connectivity index (χ1n) is 2.97. The van der Waals surface area contributed by atoms with Gasteiger partial charge in [-0.1, -0.05) is 11.3 Å². The predicted molar refractivity (Wildman–Crippen MR) is 48.6 cm³/mol. The summed E-state index contributed by atoms with van der Waals surface area (Å²) >= 11 is 0. The summed E-state index contributed by atoms with van der Waals surface area (Å²) in [6.45, 7) is 4.19. The Balaban J connectivity index is 3.00. The fourth-order valence-electron chi connectivity index (χ4n) is 0.357. The van der Waals surface area contributed by atoms with E-state index in [-0.39, 0.29) is 9.76 Å². The first-order chi connectivity index (χ1) is 4.27. The van der Waals surface area contributed by atoms with E-state index < -0.39 is 10.0 Å². The fraction of sp³-hybridized carbons (Fsp3) is 0.500. The quantitative estimate of drug-likeness (QED) is 0.378. The minimum atomic E-state index is -0.542. The molecule has 0 spiro atoms. The van der Waals surface area contributed by atoms with Gasteiger partial charge in [0.25, 0.3) is 10.0 Å². The Morgan fingerprint density at radius 3 is 2.67 bits per heavy atom. The van der Waals surface area contributed by atoms with Gasteiger partial charge in [0.05, 0.1) is 0 Å². The van der Waals surface area contributed by atoms with Crippen LogP contribution in [0.2, 0.25) is 0 Å². The Hall–Kier alpha value is 0.311. The third kappa shape index (κ3) is 8.31. The largest absolute Gasteiger partial charge is 0.449 e. The summed E-state index contributed by atoms with van der Waals surface area (Å²) in [7, 11) is -0.0523. The second-order valence-electron chi connectivity index (χ2n) is 2.06. The average Bonchev–Trinajstić information content (AvgIpc) is 1.80. The van der Waals surface area contributed by atoms with Crippen molar-refractivity contribution < 1.29 is 8.23 Å². The molecule has 0 aliphatic rings. The minimum Gasteiger partial charge on any atom is -0.449 e. The number of allylic oxidation sites excluding steroid dienone is 1. The van der Waals surface area contributed by atoms with Crippen LogP contribution in [0.5, 0.6) is 0 Å². The molecule has 0 unspecified atom stereocenters. The molecule has 2 nitrogen and oxygen atoms in total. The smallest absolute Gasteiger partial charge is 0.283 e. The molecule has 5 heteroatoms. The van der Waals surface area contributed by atoms with Crippen molar-refractivity contribution in [1.29, 1.82) is 0 Å². The van der Waals surface area contributed by atoms with Crippen molar-refractivity contribution >= 4 is 30.3 Å². The molecule has 0 aromatic heterocycles. The molecular formula is C4H14O2Si3. The van der Waals surface area contributed by atoms with Crippen molar-refractivity contribution in [3.8, 4) is 0 Å². The van der Waals surface area contributed by atoms with Crippen molar-refractivity contribution in [3.63, 3.8) is 0 Å². The van der Waals surface area contributed by atoms with E-state index in [1.807, 2.05) is 0 Å². The summed E-state index contributed by atoms with van der Waals surface area (Å²) in [5.41, 5.74) is 3.57. The van der Waals surface area contributed by atoms with E-state index in [1.54, 1.807) is 0 Å². The van der Waals surface area contributed by atoms with E-state index in [4.69, 9.17) is 8.23 Å². The van der Waals surface area contributed by atoms with E-state index in [0.717, 1.165) is 10.5 Å². The van der Waals surface area contributed by atoms with Crippen LogP contribution in [0.1, 0.15) is 13.8 Å². The highest BCUT2D eigenvalue weighted by molar-refractivity contribution is 6.45. The third-order valence-corrected chi connectivity index (χ3v) is 4.35. The molecule has 0 heterocycles. The molecule has 0 rings (SSSR count). The molecule has 9 heavy (non-hydrogen) atoms. The van der Waals surface area contributed by atoms with Crippen LogP contribution in [0.4, 0.5) is 0 Å². The maximum absolute atomic E-state index is 5.31. The summed E-state index contributed by atoms with van der Waals surface area (Å²) in [6, 6.07) is 0. The van der Waals surface area contributed by atoms with Gasteiger partial charge < -0.3 is 8.23 Å². The fourth-order valence-corrected chi connectivity index (χ4v) is 3.71. The van der Waals surface area contributed by atoms with Gasteiger partial charge in [-0.25, -0.2) is 0 Å². The summed E-state index contributed by atoms with van der Waals surface area (Å²) in [5.74, 6) is 0. The van der Waals surface area contributed by atoms with Crippen LogP contribution in [0, 0.1) is 0 Å². The molecule has 54 valence electrons. The Bertz CT molecular complexity index is 89.8. The summed E-state index contributed by atoms with van der Waals surface area (Å²) in [5, 5.41) is 0. The van der Waals surface area contributed by atoms with Gasteiger partial charge in [-0.05, 0) is 13.8 Å². The molecule has 0 fully saturated rings. The zero-order chi connectivity index (χ0) is 7.11. The standard InChI is InChI=1S/C4H14O2Si3/c1-4(2)3-8-6-9-5-7/h3H,8-9H2,1-2,7H3. The predicted octanol–water partition coefficient (Wildman–Crippen LogP) is -1.69. The maximum atomic E-state index is 5.31. The van der Waals surface area contributed by atoms with Crippen LogP contribution >= 0.6 is 0 Å². The summed E-state index contributed by atoms with van der Waals surface area (Å²) in [4.78, 5) is 0. The molecule has 0 aromatic rings. The molecule has 0 aliphatic heterocycles. The highest BCUT2D eigenvalue weighted by Crippen LogP contribution is 1.85. The molecule has 0 aliphatic carbocycles. The molecule has 0 amide bonds.